The first-order valence-corrected chi connectivity index (χ1v) is 6.46. The molecule has 0 radical (unpaired) electrons. The fourth-order valence-corrected chi connectivity index (χ4v) is 2.09. The van der Waals surface area contributed by atoms with Crippen molar-refractivity contribution >= 4 is 23.4 Å². The zero-order valence-electron chi connectivity index (χ0n) is 10.7. The van der Waals surface area contributed by atoms with Gasteiger partial charge in [-0.3, -0.25) is 0 Å². The summed E-state index contributed by atoms with van der Waals surface area (Å²) in [6.07, 6.45) is -4.56. The minimum atomic E-state index is -4.56. The summed E-state index contributed by atoms with van der Waals surface area (Å²) in [4.78, 5) is 2.28. The van der Waals surface area contributed by atoms with E-state index in [1.165, 1.54) is 13.2 Å². The Labute approximate surface area is 128 Å². The fourth-order valence-electron chi connectivity index (χ4n) is 1.79. The van der Waals surface area contributed by atoms with Gasteiger partial charge >= 0.3 is 6.18 Å². The van der Waals surface area contributed by atoms with Gasteiger partial charge in [-0.25, -0.2) is 9.52 Å². The number of methoxy groups -OCH3 is 1. The van der Waals surface area contributed by atoms with Crippen LogP contribution in [0.15, 0.2) is 24.3 Å². The molecule has 0 atom stereocenters. The molecule has 1 heterocycles. The third kappa shape index (κ3) is 3.42. The molecule has 0 amide bonds. The molecule has 114 valence electrons. The minimum Gasteiger partial charge on any atom is -0.494 e. The third-order valence-electron chi connectivity index (χ3n) is 2.69. The van der Waals surface area contributed by atoms with Crippen LogP contribution in [-0.2, 0) is 12.7 Å². The topological polar surface area (TPSA) is 39.1 Å². The Morgan fingerprint density at radius 3 is 2.62 bits per heavy atom. The quantitative estimate of drug-likeness (QED) is 0.861. The van der Waals surface area contributed by atoms with Crippen LogP contribution in [0.3, 0.4) is 0 Å². The van der Waals surface area contributed by atoms with Gasteiger partial charge in [-0.1, -0.05) is 11.6 Å². The van der Waals surface area contributed by atoms with Crippen LogP contribution in [0, 0.1) is 0 Å². The van der Waals surface area contributed by atoms with E-state index in [2.05, 4.69) is 9.93 Å². The van der Waals surface area contributed by atoms with Crippen LogP contribution in [0.4, 0.5) is 13.2 Å². The fraction of sp³-hybridized carbons (Fsp3) is 0.250. The standard InChI is InChI=1S/C12H10Cl2F3N3O/c1-21-10-3-2-7(13)4-9(10)20-8(6-18-14)5-11(19-20)12(15,16)17/h2-5,18H,6H2,1H3. The third-order valence-corrected chi connectivity index (χ3v) is 3.06. The van der Waals surface area contributed by atoms with Crippen LogP contribution in [0.5, 0.6) is 5.75 Å². The summed E-state index contributed by atoms with van der Waals surface area (Å²) in [7, 11) is 1.40. The molecule has 4 nitrogen and oxygen atoms in total. The first-order valence-electron chi connectivity index (χ1n) is 5.70. The number of alkyl halides is 3. The average Bonchev–Trinajstić information content (AvgIpc) is 2.83. The highest BCUT2D eigenvalue weighted by molar-refractivity contribution is 6.30. The van der Waals surface area contributed by atoms with Gasteiger partial charge in [0.05, 0.1) is 19.3 Å². The Hall–Kier alpha value is -1.44. The molecule has 1 N–H and O–H groups in total. The van der Waals surface area contributed by atoms with Crippen molar-refractivity contribution in [3.8, 4) is 11.4 Å². The van der Waals surface area contributed by atoms with Gasteiger partial charge in [-0.2, -0.15) is 18.3 Å². The Bertz CT molecular complexity index is 643. The summed E-state index contributed by atoms with van der Waals surface area (Å²) in [6.45, 7) is -0.0136. The van der Waals surface area contributed by atoms with Gasteiger partial charge in [0, 0.05) is 5.02 Å². The molecule has 0 saturated heterocycles. The lowest BCUT2D eigenvalue weighted by atomic mass is 10.2. The van der Waals surface area contributed by atoms with Crippen molar-refractivity contribution in [3.05, 3.63) is 40.7 Å². The predicted molar refractivity (Wildman–Crippen MR) is 72.8 cm³/mol. The molecular formula is C12H10Cl2F3N3O. The van der Waals surface area contributed by atoms with E-state index in [-0.39, 0.29) is 12.2 Å². The molecule has 2 rings (SSSR count). The molecule has 21 heavy (non-hydrogen) atoms. The molecule has 0 aliphatic rings. The summed E-state index contributed by atoms with van der Waals surface area (Å²) in [5.74, 6) is 0.340. The largest absolute Gasteiger partial charge is 0.494 e. The van der Waals surface area contributed by atoms with Gasteiger partial charge in [0.1, 0.15) is 11.4 Å². The molecule has 1 aromatic heterocycles. The molecule has 0 aliphatic heterocycles. The minimum absolute atomic E-state index is 0.0136. The van der Waals surface area contributed by atoms with Crippen molar-refractivity contribution < 1.29 is 17.9 Å². The van der Waals surface area contributed by atoms with Crippen LogP contribution in [0.1, 0.15) is 11.4 Å². The molecule has 0 aliphatic carbocycles. The van der Waals surface area contributed by atoms with Crippen LogP contribution >= 0.6 is 23.4 Å². The summed E-state index contributed by atoms with van der Waals surface area (Å²) in [6, 6.07) is 5.49. The zero-order valence-corrected chi connectivity index (χ0v) is 12.2. The van der Waals surface area contributed by atoms with E-state index in [4.69, 9.17) is 28.1 Å². The van der Waals surface area contributed by atoms with Crippen LogP contribution in [-0.4, -0.2) is 16.9 Å². The van der Waals surface area contributed by atoms with Crippen molar-refractivity contribution in [1.82, 2.24) is 14.6 Å². The second-order valence-electron chi connectivity index (χ2n) is 4.06. The molecule has 0 spiro atoms. The SMILES string of the molecule is COc1ccc(Cl)cc1-n1nc(C(F)(F)F)cc1CNCl. The molecule has 0 bridgehead atoms. The van der Waals surface area contributed by atoms with Gasteiger partial charge in [0.2, 0.25) is 0 Å². The maximum Gasteiger partial charge on any atom is 0.435 e. The van der Waals surface area contributed by atoms with Crippen LogP contribution < -0.4 is 9.57 Å². The molecule has 1 aromatic carbocycles. The highest BCUT2D eigenvalue weighted by Gasteiger charge is 2.35. The number of hydrogen-bond donors (Lipinski definition) is 1. The smallest absolute Gasteiger partial charge is 0.435 e. The van der Waals surface area contributed by atoms with E-state index >= 15 is 0 Å². The number of rotatable bonds is 4. The van der Waals surface area contributed by atoms with Crippen LogP contribution in [0.25, 0.3) is 5.69 Å². The molecular weight excluding hydrogens is 330 g/mol. The second kappa shape index (κ2) is 6.13. The average molecular weight is 340 g/mol. The number of ether oxygens (including phenoxy) is 1. The number of hydrogen-bond acceptors (Lipinski definition) is 3. The van der Waals surface area contributed by atoms with Crippen molar-refractivity contribution in [1.29, 1.82) is 0 Å². The molecule has 0 fully saturated rings. The first-order chi connectivity index (χ1) is 9.86. The van der Waals surface area contributed by atoms with Crippen molar-refractivity contribution in [2.75, 3.05) is 7.11 Å². The van der Waals surface area contributed by atoms with Gasteiger partial charge in [-0.15, -0.1) is 0 Å². The van der Waals surface area contributed by atoms with Crippen LogP contribution in [0.2, 0.25) is 5.02 Å². The predicted octanol–water partition coefficient (Wildman–Crippen LogP) is 3.80. The second-order valence-corrected chi connectivity index (χ2v) is 4.76. The number of nitrogens with zero attached hydrogens (tertiary/aromatic N) is 2. The van der Waals surface area contributed by atoms with E-state index in [1.807, 2.05) is 0 Å². The highest BCUT2D eigenvalue weighted by Crippen LogP contribution is 2.32. The van der Waals surface area contributed by atoms with E-state index in [0.717, 1.165) is 10.7 Å². The lowest BCUT2D eigenvalue weighted by Crippen LogP contribution is -2.10. The lowest BCUT2D eigenvalue weighted by Gasteiger charge is -2.11. The zero-order chi connectivity index (χ0) is 15.6. The van der Waals surface area contributed by atoms with Gasteiger partial charge in [0.15, 0.2) is 5.69 Å². The van der Waals surface area contributed by atoms with Gasteiger partial charge in [0.25, 0.3) is 0 Å². The highest BCUT2D eigenvalue weighted by atomic mass is 35.5. The lowest BCUT2D eigenvalue weighted by molar-refractivity contribution is -0.141. The van der Waals surface area contributed by atoms with Gasteiger partial charge < -0.3 is 4.74 Å². The molecule has 0 saturated carbocycles. The molecule has 2 aromatic rings. The van der Waals surface area contributed by atoms with E-state index < -0.39 is 11.9 Å². The van der Waals surface area contributed by atoms with Crippen molar-refractivity contribution in [3.63, 3.8) is 0 Å². The monoisotopic (exact) mass is 339 g/mol. The Morgan fingerprint density at radius 1 is 1.33 bits per heavy atom. The van der Waals surface area contributed by atoms with E-state index in [9.17, 15) is 13.2 Å². The number of nitrogens with one attached hydrogen (secondary N) is 1. The Morgan fingerprint density at radius 2 is 2.05 bits per heavy atom. The summed E-state index contributed by atoms with van der Waals surface area (Å²) < 4.78 is 44.7. The number of benzene rings is 1. The first kappa shape index (κ1) is 15.9. The van der Waals surface area contributed by atoms with Crippen molar-refractivity contribution in [2.24, 2.45) is 0 Å². The summed E-state index contributed by atoms with van der Waals surface area (Å²) in [5, 5.41) is 3.92. The molecule has 9 heteroatoms. The summed E-state index contributed by atoms with van der Waals surface area (Å²) >= 11 is 11.3. The molecule has 0 unspecified atom stereocenters. The Balaban J connectivity index is 2.62. The van der Waals surface area contributed by atoms with Crippen molar-refractivity contribution in [2.45, 2.75) is 12.7 Å². The summed E-state index contributed by atoms with van der Waals surface area (Å²) in [5.41, 5.74) is -0.508. The maximum atomic E-state index is 12.8. The van der Waals surface area contributed by atoms with E-state index in [0.29, 0.717) is 16.5 Å². The maximum absolute atomic E-state index is 12.8. The number of halogens is 5. The normalized spacial score (nSPS) is 11.7. The number of aromatic nitrogens is 2. The van der Waals surface area contributed by atoms with Gasteiger partial charge in [-0.05, 0) is 36.0 Å². The van der Waals surface area contributed by atoms with E-state index in [1.54, 1.807) is 12.1 Å². The Kier molecular flexibility index (Phi) is 4.65.